The van der Waals surface area contributed by atoms with Crippen LogP contribution in [0.25, 0.3) is 22.0 Å². The number of amides is 1. The maximum absolute atomic E-state index is 12.3. The van der Waals surface area contributed by atoms with Crippen molar-refractivity contribution in [3.05, 3.63) is 41.9 Å². The number of benzene rings is 1. The molecule has 0 atom stereocenters. The Morgan fingerprint density at radius 1 is 1.12 bits per heavy atom. The second-order valence-corrected chi connectivity index (χ2v) is 12.6. The number of nitrogens with two attached hydrogens (primary N) is 1. The summed E-state index contributed by atoms with van der Waals surface area (Å²) < 4.78 is 65.2. The number of primary amides is 1. The Labute approximate surface area is 246 Å². The molecule has 2 fully saturated rings. The summed E-state index contributed by atoms with van der Waals surface area (Å²) in [6, 6.07) is 3.91. The molecule has 3 aromatic rings. The van der Waals surface area contributed by atoms with E-state index in [1.807, 2.05) is 29.3 Å². The molecule has 4 heterocycles. The van der Waals surface area contributed by atoms with Crippen molar-refractivity contribution in [1.29, 1.82) is 0 Å². The van der Waals surface area contributed by atoms with E-state index in [9.17, 15) is 26.4 Å². The van der Waals surface area contributed by atoms with Crippen molar-refractivity contribution in [1.82, 2.24) is 24.0 Å². The molecule has 0 spiro atoms. The number of sulfonamides is 1. The van der Waals surface area contributed by atoms with E-state index in [0.717, 1.165) is 79.8 Å². The highest BCUT2D eigenvalue weighted by atomic mass is 32.2. The Balaban J connectivity index is 0.000000541. The number of ether oxygens (including phenoxy) is 1. The number of halogens is 3. The summed E-state index contributed by atoms with van der Waals surface area (Å²) >= 11 is 0. The molecule has 2 aliphatic rings. The zero-order chi connectivity index (χ0) is 31.4. The summed E-state index contributed by atoms with van der Waals surface area (Å²) in [4.78, 5) is 26.9. The molecule has 4 N–H and O–H groups in total. The first kappa shape index (κ1) is 32.4. The summed E-state index contributed by atoms with van der Waals surface area (Å²) in [6.07, 6.45) is 2.17. The minimum absolute atomic E-state index is 0.121. The zero-order valence-corrected chi connectivity index (χ0v) is 24.5. The van der Waals surface area contributed by atoms with E-state index in [1.165, 1.54) is 0 Å². The quantitative estimate of drug-likeness (QED) is 0.343. The molecule has 0 bridgehead atoms. The van der Waals surface area contributed by atoms with Crippen molar-refractivity contribution in [2.24, 2.45) is 5.73 Å². The lowest BCUT2D eigenvalue weighted by atomic mass is 9.88. The van der Waals surface area contributed by atoms with Crippen LogP contribution in [0, 0.1) is 0 Å². The lowest BCUT2D eigenvalue weighted by Crippen LogP contribution is -2.38. The van der Waals surface area contributed by atoms with Crippen LogP contribution in [0.5, 0.6) is 0 Å². The van der Waals surface area contributed by atoms with Crippen LogP contribution in [-0.4, -0.2) is 107 Å². The van der Waals surface area contributed by atoms with Gasteiger partial charge >= 0.3 is 12.1 Å². The molecule has 0 radical (unpaired) electrons. The molecule has 2 saturated heterocycles. The van der Waals surface area contributed by atoms with Gasteiger partial charge in [-0.25, -0.2) is 17.5 Å². The van der Waals surface area contributed by atoms with E-state index in [1.54, 1.807) is 11.2 Å². The monoisotopic (exact) mass is 628 g/mol. The van der Waals surface area contributed by atoms with Crippen LogP contribution in [0.4, 0.5) is 13.2 Å². The van der Waals surface area contributed by atoms with Crippen molar-refractivity contribution in [3.63, 3.8) is 0 Å². The summed E-state index contributed by atoms with van der Waals surface area (Å²) in [5, 5.41) is 12.6. The van der Waals surface area contributed by atoms with Gasteiger partial charge in [-0.05, 0) is 48.9 Å². The molecule has 12 nitrogen and oxygen atoms in total. The molecule has 0 aliphatic carbocycles. The average molecular weight is 629 g/mol. The third-order valence-electron chi connectivity index (χ3n) is 7.70. The van der Waals surface area contributed by atoms with Crippen LogP contribution in [-0.2, 0) is 26.1 Å². The van der Waals surface area contributed by atoms with Crippen molar-refractivity contribution in [2.75, 3.05) is 51.7 Å². The first-order chi connectivity index (χ1) is 20.3. The minimum Gasteiger partial charge on any atom is -0.475 e. The molecular weight excluding hydrogens is 593 g/mol. The number of aliphatic carboxylic acids is 1. The fourth-order valence-corrected chi connectivity index (χ4v) is 6.42. The van der Waals surface area contributed by atoms with Crippen LogP contribution in [0.1, 0.15) is 41.6 Å². The molecule has 1 aromatic carbocycles. The lowest BCUT2D eigenvalue weighted by Gasteiger charge is -2.31. The number of hydrogen-bond acceptors (Lipinski definition) is 7. The predicted octanol–water partition coefficient (Wildman–Crippen LogP) is 2.62. The van der Waals surface area contributed by atoms with Crippen LogP contribution >= 0.6 is 0 Å². The second-order valence-electron chi connectivity index (χ2n) is 10.4. The molecule has 236 valence electrons. The number of aromatic amines is 1. The molecule has 43 heavy (non-hydrogen) atoms. The Morgan fingerprint density at radius 2 is 1.77 bits per heavy atom. The topological polar surface area (TPSA) is 164 Å². The van der Waals surface area contributed by atoms with Gasteiger partial charge in [0.25, 0.3) is 5.91 Å². The number of morpholine rings is 1. The number of carboxylic acids is 1. The first-order valence-electron chi connectivity index (χ1n) is 13.9. The maximum Gasteiger partial charge on any atom is 0.490 e. The third-order valence-corrected chi connectivity index (χ3v) is 9.58. The number of hydrogen-bond donors (Lipinski definition) is 3. The van der Waals surface area contributed by atoms with Gasteiger partial charge in [-0.3, -0.25) is 14.4 Å². The van der Waals surface area contributed by atoms with Gasteiger partial charge in [-0.1, -0.05) is 0 Å². The summed E-state index contributed by atoms with van der Waals surface area (Å²) in [7, 11) is -3.18. The van der Waals surface area contributed by atoms with Gasteiger partial charge in [-0.2, -0.15) is 18.3 Å². The smallest absolute Gasteiger partial charge is 0.475 e. The van der Waals surface area contributed by atoms with E-state index < -0.39 is 28.1 Å². The van der Waals surface area contributed by atoms with Crippen LogP contribution in [0.15, 0.2) is 30.7 Å². The molecule has 16 heteroatoms. The van der Waals surface area contributed by atoms with Crippen LogP contribution < -0.4 is 5.73 Å². The summed E-state index contributed by atoms with van der Waals surface area (Å²) in [5.74, 6) is -2.92. The van der Waals surface area contributed by atoms with Crippen LogP contribution in [0.2, 0.25) is 0 Å². The van der Waals surface area contributed by atoms with Gasteiger partial charge < -0.3 is 20.6 Å². The average Bonchev–Trinajstić information content (AvgIpc) is 3.63. The molecule has 0 saturated carbocycles. The highest BCUT2D eigenvalue weighted by molar-refractivity contribution is 7.89. The van der Waals surface area contributed by atoms with Crippen molar-refractivity contribution >= 4 is 32.8 Å². The molecule has 2 aliphatic heterocycles. The van der Waals surface area contributed by atoms with E-state index in [-0.39, 0.29) is 11.7 Å². The number of fused-ring (bicyclic) bond motifs is 1. The number of carbonyl (C=O) groups excluding carboxylic acids is 1. The Hall–Kier alpha value is -3.47. The number of carboxylic acid groups (broad SMARTS) is 1. The fourth-order valence-electron chi connectivity index (χ4n) is 5.28. The Kier molecular flexibility index (Phi) is 10.1. The Bertz CT molecular complexity index is 1540. The van der Waals surface area contributed by atoms with Gasteiger partial charge in [0.1, 0.15) is 0 Å². The number of alkyl halides is 3. The van der Waals surface area contributed by atoms with Gasteiger partial charge in [0.2, 0.25) is 10.0 Å². The number of H-pyrrole nitrogens is 1. The SMILES string of the molecule is CCS(=O)(=O)N1CCC(c2c[nH]c3c(C(N)=O)cc(-c4cnn(CCN5CCOCC5)c4)cc23)CC1.O=C(O)C(F)(F)F. The van der Waals surface area contributed by atoms with Gasteiger partial charge in [0.05, 0.1) is 42.8 Å². The number of aromatic nitrogens is 3. The summed E-state index contributed by atoms with van der Waals surface area (Å²) in [6.45, 7) is 7.79. The van der Waals surface area contributed by atoms with E-state index >= 15 is 0 Å². The van der Waals surface area contributed by atoms with Crippen LogP contribution in [0.3, 0.4) is 0 Å². The molecule has 2 aromatic heterocycles. The highest BCUT2D eigenvalue weighted by Crippen LogP contribution is 2.37. The predicted molar refractivity (Wildman–Crippen MR) is 152 cm³/mol. The van der Waals surface area contributed by atoms with E-state index in [0.29, 0.717) is 18.7 Å². The molecule has 1 amide bonds. The maximum atomic E-state index is 12.3. The number of rotatable bonds is 8. The van der Waals surface area contributed by atoms with Gasteiger partial charge in [0.15, 0.2) is 0 Å². The number of nitrogens with zero attached hydrogens (tertiary/aromatic N) is 4. The standard InChI is InChI=1S/C25H34N6O4S.C2HF3O2/c1-2-36(33,34)31-5-3-18(4-6-31)23-16-27-24-21(23)13-19(14-22(24)25(26)32)20-15-28-30(17-20)8-7-29-9-11-35-12-10-29;3-2(4,5)1(6)7/h13-18,27H,2-12H2,1H3,(H2,26,32);(H,6,7). The lowest BCUT2D eigenvalue weighted by molar-refractivity contribution is -0.192. The Morgan fingerprint density at radius 3 is 2.35 bits per heavy atom. The van der Waals surface area contributed by atoms with Gasteiger partial charge in [0, 0.05) is 56.1 Å². The first-order valence-corrected chi connectivity index (χ1v) is 15.5. The highest BCUT2D eigenvalue weighted by Gasteiger charge is 2.38. The fraction of sp³-hybridized carbons (Fsp3) is 0.519. The van der Waals surface area contributed by atoms with Crippen molar-refractivity contribution in [3.8, 4) is 11.1 Å². The van der Waals surface area contributed by atoms with E-state index in [2.05, 4.69) is 21.0 Å². The van der Waals surface area contributed by atoms with Crippen molar-refractivity contribution in [2.45, 2.75) is 38.4 Å². The molecule has 5 rings (SSSR count). The van der Waals surface area contributed by atoms with E-state index in [4.69, 9.17) is 20.4 Å². The van der Waals surface area contributed by atoms with Crippen molar-refractivity contribution < 1.29 is 41.0 Å². The number of piperidine rings is 1. The largest absolute Gasteiger partial charge is 0.490 e. The summed E-state index contributed by atoms with van der Waals surface area (Å²) in [5.41, 5.74) is 9.85. The molecule has 0 unspecified atom stereocenters. The normalized spacial score (nSPS) is 17.5. The number of carbonyl (C=O) groups is 2. The second kappa shape index (κ2) is 13.4. The third kappa shape index (κ3) is 7.93. The van der Waals surface area contributed by atoms with Gasteiger partial charge in [-0.15, -0.1) is 0 Å². The number of nitrogens with one attached hydrogen (secondary N) is 1. The minimum atomic E-state index is -5.08. The zero-order valence-electron chi connectivity index (χ0n) is 23.6. The molecular formula is C27H35F3N6O6S.